The third kappa shape index (κ3) is 5.82. The van der Waals surface area contributed by atoms with Crippen LogP contribution in [0, 0.1) is 0 Å². The fourth-order valence-corrected chi connectivity index (χ4v) is 3.20. The lowest BCUT2D eigenvalue weighted by Crippen LogP contribution is -2.27. The van der Waals surface area contributed by atoms with Gasteiger partial charge in [-0.1, -0.05) is 18.2 Å². The zero-order valence-electron chi connectivity index (χ0n) is 14.3. The van der Waals surface area contributed by atoms with Crippen molar-refractivity contribution in [3.63, 3.8) is 0 Å². The van der Waals surface area contributed by atoms with E-state index in [-0.39, 0.29) is 18.1 Å². The van der Waals surface area contributed by atoms with Crippen LogP contribution < -0.4 is 10.1 Å². The first-order valence-electron chi connectivity index (χ1n) is 8.26. The summed E-state index contributed by atoms with van der Waals surface area (Å²) >= 11 is 1.45. The number of rotatable bonds is 8. The SMILES string of the molecule is O=C(Cc1csc(-c2ccccn2)n1)NCCc1ccc(OC(F)F)cc1. The van der Waals surface area contributed by atoms with Crippen molar-refractivity contribution < 1.29 is 18.3 Å². The summed E-state index contributed by atoms with van der Waals surface area (Å²) in [6.07, 6.45) is 2.50. The molecule has 0 atom stereocenters. The zero-order chi connectivity index (χ0) is 19.1. The molecule has 0 fully saturated rings. The third-order valence-corrected chi connectivity index (χ3v) is 4.58. The Hall–Kier alpha value is -2.87. The summed E-state index contributed by atoms with van der Waals surface area (Å²) in [5.74, 6) is -0.00412. The van der Waals surface area contributed by atoms with E-state index < -0.39 is 6.61 Å². The van der Waals surface area contributed by atoms with Crippen LogP contribution >= 0.6 is 11.3 Å². The van der Waals surface area contributed by atoms with Crippen molar-refractivity contribution in [2.75, 3.05) is 6.54 Å². The van der Waals surface area contributed by atoms with E-state index in [1.807, 2.05) is 23.6 Å². The first kappa shape index (κ1) is 18.9. The Morgan fingerprint density at radius 3 is 2.70 bits per heavy atom. The molecule has 5 nitrogen and oxygen atoms in total. The molecule has 27 heavy (non-hydrogen) atoms. The van der Waals surface area contributed by atoms with Gasteiger partial charge in [0, 0.05) is 18.1 Å². The van der Waals surface area contributed by atoms with Crippen molar-refractivity contribution in [3.05, 3.63) is 65.3 Å². The van der Waals surface area contributed by atoms with Crippen molar-refractivity contribution >= 4 is 17.2 Å². The lowest BCUT2D eigenvalue weighted by molar-refractivity contribution is -0.120. The average Bonchev–Trinajstić information content (AvgIpc) is 3.12. The molecule has 0 spiro atoms. The van der Waals surface area contributed by atoms with Crippen LogP contribution in [0.1, 0.15) is 11.3 Å². The Morgan fingerprint density at radius 1 is 1.19 bits per heavy atom. The summed E-state index contributed by atoms with van der Waals surface area (Å²) in [6, 6.07) is 12.0. The molecule has 0 radical (unpaired) electrons. The number of pyridine rings is 1. The van der Waals surface area contributed by atoms with Gasteiger partial charge in [0.25, 0.3) is 0 Å². The third-order valence-electron chi connectivity index (χ3n) is 3.66. The molecular weight excluding hydrogens is 372 g/mol. The lowest BCUT2D eigenvalue weighted by Gasteiger charge is -2.07. The predicted octanol–water partition coefficient (Wildman–Crippen LogP) is 3.71. The number of benzene rings is 1. The number of carbonyl (C=O) groups excluding carboxylic acids is 1. The van der Waals surface area contributed by atoms with Gasteiger partial charge in [0.15, 0.2) is 0 Å². The smallest absolute Gasteiger partial charge is 0.387 e. The van der Waals surface area contributed by atoms with Crippen molar-refractivity contribution in [1.82, 2.24) is 15.3 Å². The average molecular weight is 389 g/mol. The number of alkyl halides is 2. The summed E-state index contributed by atoms with van der Waals surface area (Å²) in [5.41, 5.74) is 2.41. The molecule has 3 aromatic rings. The summed E-state index contributed by atoms with van der Waals surface area (Å²) < 4.78 is 28.5. The zero-order valence-corrected chi connectivity index (χ0v) is 15.1. The van der Waals surface area contributed by atoms with E-state index >= 15 is 0 Å². The molecule has 8 heteroatoms. The number of thiazole rings is 1. The monoisotopic (exact) mass is 389 g/mol. The maximum absolute atomic E-state index is 12.1. The summed E-state index contributed by atoms with van der Waals surface area (Å²) in [5, 5.41) is 5.47. The quantitative estimate of drug-likeness (QED) is 0.638. The maximum Gasteiger partial charge on any atom is 0.387 e. The Balaban J connectivity index is 1.44. The van der Waals surface area contributed by atoms with Crippen LogP contribution in [-0.4, -0.2) is 29.0 Å². The van der Waals surface area contributed by atoms with E-state index in [0.29, 0.717) is 18.7 Å². The number of aromatic nitrogens is 2. The summed E-state index contributed by atoms with van der Waals surface area (Å²) in [4.78, 5) is 20.7. The van der Waals surface area contributed by atoms with Crippen LogP contribution in [0.2, 0.25) is 0 Å². The first-order chi connectivity index (χ1) is 13.1. The van der Waals surface area contributed by atoms with E-state index in [1.54, 1.807) is 18.3 Å². The van der Waals surface area contributed by atoms with Gasteiger partial charge < -0.3 is 10.1 Å². The van der Waals surface area contributed by atoms with Crippen molar-refractivity contribution in [1.29, 1.82) is 0 Å². The molecule has 2 heterocycles. The Bertz CT molecular complexity index is 870. The highest BCUT2D eigenvalue weighted by Crippen LogP contribution is 2.21. The summed E-state index contributed by atoms with van der Waals surface area (Å²) in [6.45, 7) is -2.38. The van der Waals surface area contributed by atoms with Crippen LogP contribution in [0.25, 0.3) is 10.7 Å². The highest BCUT2D eigenvalue weighted by atomic mass is 32.1. The Kier molecular flexibility index (Phi) is 6.43. The minimum absolute atomic E-state index is 0.116. The molecule has 140 valence electrons. The van der Waals surface area contributed by atoms with Crippen LogP contribution in [0.5, 0.6) is 5.75 Å². The number of hydrogen-bond donors (Lipinski definition) is 1. The molecule has 0 aliphatic heterocycles. The van der Waals surface area contributed by atoms with Gasteiger partial charge in [-0.2, -0.15) is 8.78 Å². The standard InChI is InChI=1S/C19H17F2N3O2S/c20-19(21)26-15-6-4-13(5-7-15)8-10-23-17(25)11-14-12-27-18(24-14)16-3-1-2-9-22-16/h1-7,9,12,19H,8,10-11H2,(H,23,25). The number of hydrogen-bond acceptors (Lipinski definition) is 5. The molecule has 0 aliphatic rings. The van der Waals surface area contributed by atoms with E-state index in [0.717, 1.165) is 16.3 Å². The van der Waals surface area contributed by atoms with Gasteiger partial charge in [-0.25, -0.2) is 4.98 Å². The first-order valence-corrected chi connectivity index (χ1v) is 9.14. The Morgan fingerprint density at radius 2 is 2.00 bits per heavy atom. The molecular formula is C19H17F2N3O2S. The molecule has 1 N–H and O–H groups in total. The van der Waals surface area contributed by atoms with Crippen molar-refractivity contribution in [3.8, 4) is 16.5 Å². The summed E-state index contributed by atoms with van der Waals surface area (Å²) in [7, 11) is 0. The Labute approximate surface area is 159 Å². The number of ether oxygens (including phenoxy) is 1. The van der Waals surface area contributed by atoms with Gasteiger partial charge in [0.2, 0.25) is 5.91 Å². The lowest BCUT2D eigenvalue weighted by atomic mass is 10.1. The number of carbonyl (C=O) groups is 1. The van der Waals surface area contributed by atoms with E-state index in [4.69, 9.17) is 0 Å². The second-order valence-electron chi connectivity index (χ2n) is 5.66. The molecule has 3 rings (SSSR count). The van der Waals surface area contributed by atoms with Crippen molar-refractivity contribution in [2.45, 2.75) is 19.5 Å². The maximum atomic E-state index is 12.1. The largest absolute Gasteiger partial charge is 0.435 e. The van der Waals surface area contributed by atoms with Crippen LogP contribution in [0.4, 0.5) is 8.78 Å². The normalized spacial score (nSPS) is 10.8. The van der Waals surface area contributed by atoms with E-state index in [1.165, 1.54) is 23.5 Å². The van der Waals surface area contributed by atoms with Gasteiger partial charge in [-0.05, 0) is 36.2 Å². The fourth-order valence-electron chi connectivity index (χ4n) is 2.41. The molecule has 0 saturated carbocycles. The highest BCUT2D eigenvalue weighted by Gasteiger charge is 2.09. The molecule has 0 saturated heterocycles. The van der Waals surface area contributed by atoms with E-state index in [9.17, 15) is 13.6 Å². The predicted molar refractivity (Wildman–Crippen MR) is 98.8 cm³/mol. The van der Waals surface area contributed by atoms with Crippen LogP contribution in [-0.2, 0) is 17.6 Å². The molecule has 1 amide bonds. The van der Waals surface area contributed by atoms with E-state index in [2.05, 4.69) is 20.0 Å². The number of nitrogens with zero attached hydrogens (tertiary/aromatic N) is 2. The van der Waals surface area contributed by atoms with Gasteiger partial charge in [0.1, 0.15) is 10.8 Å². The van der Waals surface area contributed by atoms with Gasteiger partial charge in [0.05, 0.1) is 17.8 Å². The van der Waals surface area contributed by atoms with Crippen LogP contribution in [0.3, 0.4) is 0 Å². The minimum atomic E-state index is -2.83. The number of nitrogens with one attached hydrogen (secondary N) is 1. The molecule has 0 bridgehead atoms. The molecule has 2 aromatic heterocycles. The topological polar surface area (TPSA) is 64.1 Å². The second kappa shape index (κ2) is 9.18. The molecule has 1 aromatic carbocycles. The van der Waals surface area contributed by atoms with Gasteiger partial charge >= 0.3 is 6.61 Å². The van der Waals surface area contributed by atoms with Gasteiger partial charge in [-0.15, -0.1) is 11.3 Å². The molecule has 0 aliphatic carbocycles. The van der Waals surface area contributed by atoms with Crippen molar-refractivity contribution in [2.24, 2.45) is 0 Å². The van der Waals surface area contributed by atoms with Gasteiger partial charge in [-0.3, -0.25) is 9.78 Å². The second-order valence-corrected chi connectivity index (χ2v) is 6.52. The minimum Gasteiger partial charge on any atom is -0.435 e. The highest BCUT2D eigenvalue weighted by molar-refractivity contribution is 7.13. The molecule has 0 unspecified atom stereocenters. The fraction of sp³-hybridized carbons (Fsp3) is 0.211. The van der Waals surface area contributed by atoms with Crippen LogP contribution in [0.15, 0.2) is 54.0 Å². The number of halogens is 2. The number of amides is 1.